The van der Waals surface area contributed by atoms with Gasteiger partial charge in [-0.2, -0.15) is 0 Å². The second kappa shape index (κ2) is 6.18. The molecule has 2 aliphatic rings. The van der Waals surface area contributed by atoms with Gasteiger partial charge in [-0.15, -0.1) is 0 Å². The van der Waals surface area contributed by atoms with Crippen LogP contribution in [0.2, 0.25) is 5.02 Å². The van der Waals surface area contributed by atoms with E-state index in [-0.39, 0.29) is 0 Å². The van der Waals surface area contributed by atoms with Crippen molar-refractivity contribution < 1.29 is 0 Å². The van der Waals surface area contributed by atoms with Crippen LogP contribution in [0.15, 0.2) is 18.2 Å². The van der Waals surface area contributed by atoms with Crippen LogP contribution in [0, 0.1) is 5.41 Å². The van der Waals surface area contributed by atoms with Gasteiger partial charge in [0, 0.05) is 36.4 Å². The maximum atomic E-state index is 6.22. The van der Waals surface area contributed by atoms with Crippen molar-refractivity contribution >= 4 is 17.3 Å². The first-order chi connectivity index (χ1) is 10.0. The molecule has 2 nitrogen and oxygen atoms in total. The molecule has 0 atom stereocenters. The van der Waals surface area contributed by atoms with Crippen LogP contribution in [0.3, 0.4) is 0 Å². The first-order valence-electron chi connectivity index (χ1n) is 8.30. The molecule has 3 heteroatoms. The molecule has 1 heterocycles. The third-order valence-electron chi connectivity index (χ3n) is 4.88. The van der Waals surface area contributed by atoms with Crippen molar-refractivity contribution in [3.8, 4) is 0 Å². The number of anilines is 1. The van der Waals surface area contributed by atoms with Gasteiger partial charge in [0.2, 0.25) is 0 Å². The Morgan fingerprint density at radius 3 is 2.81 bits per heavy atom. The molecule has 0 radical (unpaired) electrons. The predicted octanol–water partition coefficient (Wildman–Crippen LogP) is 4.61. The van der Waals surface area contributed by atoms with Crippen LogP contribution >= 0.6 is 11.6 Å². The largest absolute Gasteiger partial charge is 0.371 e. The summed E-state index contributed by atoms with van der Waals surface area (Å²) >= 11 is 6.22. The summed E-state index contributed by atoms with van der Waals surface area (Å²) in [4.78, 5) is 2.56. The minimum atomic E-state index is 0.480. The molecule has 116 valence electrons. The van der Waals surface area contributed by atoms with Gasteiger partial charge in [0.15, 0.2) is 0 Å². The molecule has 1 saturated carbocycles. The van der Waals surface area contributed by atoms with Gasteiger partial charge in [-0.1, -0.05) is 25.4 Å². The highest BCUT2D eigenvalue weighted by molar-refractivity contribution is 6.30. The van der Waals surface area contributed by atoms with Crippen molar-refractivity contribution in [2.24, 2.45) is 5.41 Å². The Labute approximate surface area is 133 Å². The van der Waals surface area contributed by atoms with E-state index in [9.17, 15) is 0 Å². The minimum Gasteiger partial charge on any atom is -0.371 e. The van der Waals surface area contributed by atoms with Gasteiger partial charge < -0.3 is 10.2 Å². The maximum Gasteiger partial charge on any atom is 0.0412 e. The molecular formula is C18H27ClN2. The summed E-state index contributed by atoms with van der Waals surface area (Å²) in [6.07, 6.45) is 6.53. The predicted molar refractivity (Wildman–Crippen MR) is 91.2 cm³/mol. The van der Waals surface area contributed by atoms with E-state index in [0.717, 1.165) is 24.2 Å². The zero-order chi connectivity index (χ0) is 14.9. The number of nitrogens with zero attached hydrogens (tertiary/aromatic N) is 1. The van der Waals surface area contributed by atoms with E-state index in [1.807, 2.05) is 6.07 Å². The van der Waals surface area contributed by atoms with Crippen LogP contribution in [-0.4, -0.2) is 19.1 Å². The fraction of sp³-hybridized carbons (Fsp3) is 0.667. The highest BCUT2D eigenvalue weighted by atomic mass is 35.5. The fourth-order valence-corrected chi connectivity index (χ4v) is 3.40. The van der Waals surface area contributed by atoms with E-state index in [2.05, 4.69) is 36.2 Å². The molecule has 1 aromatic rings. The lowest BCUT2D eigenvalue weighted by atomic mass is 9.85. The van der Waals surface area contributed by atoms with Gasteiger partial charge in [0.25, 0.3) is 0 Å². The average molecular weight is 307 g/mol. The Kier molecular flexibility index (Phi) is 4.46. The summed E-state index contributed by atoms with van der Waals surface area (Å²) < 4.78 is 0. The van der Waals surface area contributed by atoms with Crippen molar-refractivity contribution in [3.63, 3.8) is 0 Å². The molecule has 1 aliphatic carbocycles. The SMILES string of the molecule is CC1(C)CCCN(c2ccc(Cl)cc2CNC2CC2)CC1. The first-order valence-corrected chi connectivity index (χ1v) is 8.68. The van der Waals surface area contributed by atoms with Crippen LogP contribution in [0.5, 0.6) is 0 Å². The van der Waals surface area contributed by atoms with Crippen molar-refractivity contribution in [2.45, 2.75) is 58.5 Å². The first kappa shape index (κ1) is 15.2. The second-order valence-electron chi connectivity index (χ2n) is 7.43. The Bertz CT molecular complexity index is 494. The molecule has 1 aromatic carbocycles. The minimum absolute atomic E-state index is 0.480. The summed E-state index contributed by atoms with van der Waals surface area (Å²) in [6, 6.07) is 7.13. The molecule has 3 rings (SSSR count). The van der Waals surface area contributed by atoms with Gasteiger partial charge >= 0.3 is 0 Å². The van der Waals surface area contributed by atoms with Gasteiger partial charge in [0.05, 0.1) is 0 Å². The van der Waals surface area contributed by atoms with Gasteiger partial charge in [0.1, 0.15) is 0 Å². The lowest BCUT2D eigenvalue weighted by molar-refractivity contribution is 0.325. The van der Waals surface area contributed by atoms with Crippen LogP contribution in [0.25, 0.3) is 0 Å². The fourth-order valence-electron chi connectivity index (χ4n) is 3.21. The molecule has 1 N–H and O–H groups in total. The van der Waals surface area contributed by atoms with E-state index >= 15 is 0 Å². The molecule has 0 spiro atoms. The quantitative estimate of drug-likeness (QED) is 0.874. The van der Waals surface area contributed by atoms with Crippen LogP contribution in [0.1, 0.15) is 51.5 Å². The third kappa shape index (κ3) is 4.14. The van der Waals surface area contributed by atoms with Crippen LogP contribution in [0.4, 0.5) is 5.69 Å². The number of halogens is 1. The topological polar surface area (TPSA) is 15.3 Å². The second-order valence-corrected chi connectivity index (χ2v) is 7.87. The average Bonchev–Trinajstić information content (AvgIpc) is 3.25. The molecule has 1 aliphatic heterocycles. The van der Waals surface area contributed by atoms with Crippen molar-refractivity contribution in [3.05, 3.63) is 28.8 Å². The molecular weight excluding hydrogens is 280 g/mol. The van der Waals surface area contributed by atoms with E-state index in [4.69, 9.17) is 11.6 Å². The summed E-state index contributed by atoms with van der Waals surface area (Å²) in [5.74, 6) is 0. The lowest BCUT2D eigenvalue weighted by Gasteiger charge is -2.27. The Morgan fingerprint density at radius 2 is 2.05 bits per heavy atom. The highest BCUT2D eigenvalue weighted by Gasteiger charge is 2.25. The summed E-state index contributed by atoms with van der Waals surface area (Å²) in [5.41, 5.74) is 3.22. The zero-order valence-electron chi connectivity index (χ0n) is 13.3. The molecule has 0 aromatic heterocycles. The van der Waals surface area contributed by atoms with E-state index in [1.54, 1.807) is 0 Å². The summed E-state index contributed by atoms with van der Waals surface area (Å²) in [5, 5.41) is 4.47. The lowest BCUT2D eigenvalue weighted by Crippen LogP contribution is -2.27. The smallest absolute Gasteiger partial charge is 0.0412 e. The Balaban J connectivity index is 1.76. The standard InChI is InChI=1S/C18H27ClN2/c1-18(2)8-3-10-21(11-9-18)17-7-4-15(19)12-14(17)13-20-16-5-6-16/h4,7,12,16,20H,3,5-6,8-11,13H2,1-2H3. The molecule has 21 heavy (non-hydrogen) atoms. The molecule has 0 bridgehead atoms. The van der Waals surface area contributed by atoms with Crippen molar-refractivity contribution in [1.82, 2.24) is 5.32 Å². The van der Waals surface area contributed by atoms with Crippen molar-refractivity contribution in [1.29, 1.82) is 0 Å². The monoisotopic (exact) mass is 306 g/mol. The molecule has 2 fully saturated rings. The molecule has 1 saturated heterocycles. The number of benzene rings is 1. The van der Waals surface area contributed by atoms with E-state index in [1.165, 1.54) is 49.9 Å². The van der Waals surface area contributed by atoms with Crippen molar-refractivity contribution in [2.75, 3.05) is 18.0 Å². The number of hydrogen-bond acceptors (Lipinski definition) is 2. The van der Waals surface area contributed by atoms with Crippen LogP contribution < -0.4 is 10.2 Å². The molecule has 0 amide bonds. The van der Waals surface area contributed by atoms with Crippen LogP contribution in [-0.2, 0) is 6.54 Å². The normalized spacial score (nSPS) is 22.1. The summed E-state index contributed by atoms with van der Waals surface area (Å²) in [7, 11) is 0. The Hall–Kier alpha value is -0.730. The number of hydrogen-bond donors (Lipinski definition) is 1. The third-order valence-corrected chi connectivity index (χ3v) is 5.12. The number of nitrogens with one attached hydrogen (secondary N) is 1. The zero-order valence-corrected chi connectivity index (χ0v) is 14.0. The van der Waals surface area contributed by atoms with E-state index in [0.29, 0.717) is 5.41 Å². The Morgan fingerprint density at radius 1 is 1.24 bits per heavy atom. The van der Waals surface area contributed by atoms with E-state index < -0.39 is 0 Å². The van der Waals surface area contributed by atoms with Gasteiger partial charge in [-0.3, -0.25) is 0 Å². The summed E-state index contributed by atoms with van der Waals surface area (Å²) in [6.45, 7) is 8.06. The maximum absolute atomic E-state index is 6.22. The number of rotatable bonds is 4. The van der Waals surface area contributed by atoms with Gasteiger partial charge in [-0.25, -0.2) is 0 Å². The van der Waals surface area contributed by atoms with Gasteiger partial charge in [-0.05, 0) is 61.3 Å². The molecule has 0 unspecified atom stereocenters. The highest BCUT2D eigenvalue weighted by Crippen LogP contribution is 2.33.